The average Bonchev–Trinajstić information content (AvgIpc) is 2.16. The summed E-state index contributed by atoms with van der Waals surface area (Å²) in [6.45, 7) is 0. The molecule has 1 N–H and O–H groups in total. The van der Waals surface area contributed by atoms with Crippen LogP contribution in [0.3, 0.4) is 0 Å². The van der Waals surface area contributed by atoms with Gasteiger partial charge in [-0.15, -0.1) is 0 Å². The van der Waals surface area contributed by atoms with Crippen molar-refractivity contribution < 1.29 is 23.0 Å². The number of benzene rings is 1. The highest BCUT2D eigenvalue weighted by Crippen LogP contribution is 2.38. The molecule has 1 aromatic rings. The molecule has 2 rings (SSSR count). The summed E-state index contributed by atoms with van der Waals surface area (Å²) in [7, 11) is 0. The first-order chi connectivity index (χ1) is 6.98. The largest absolute Gasteiger partial charge is 0.508 e. The molecule has 15 heavy (non-hydrogen) atoms. The third kappa shape index (κ3) is 1.86. The fourth-order valence-corrected chi connectivity index (χ4v) is 1.63. The normalized spacial score (nSPS) is 20.6. The molecule has 1 aromatic carbocycles. The molecule has 1 aliphatic heterocycles. The Morgan fingerprint density at radius 2 is 2.07 bits per heavy atom. The van der Waals surface area contributed by atoms with Gasteiger partial charge >= 0.3 is 6.18 Å². The van der Waals surface area contributed by atoms with Crippen LogP contribution in [-0.2, 0) is 6.42 Å². The van der Waals surface area contributed by atoms with E-state index in [4.69, 9.17) is 4.74 Å². The maximum absolute atomic E-state index is 12.3. The van der Waals surface area contributed by atoms with Crippen LogP contribution in [0.1, 0.15) is 12.0 Å². The molecule has 0 saturated heterocycles. The molecule has 1 heterocycles. The van der Waals surface area contributed by atoms with Crippen molar-refractivity contribution in [3.63, 3.8) is 0 Å². The topological polar surface area (TPSA) is 29.5 Å². The van der Waals surface area contributed by atoms with E-state index in [1.165, 1.54) is 18.2 Å². The fraction of sp³-hybridized carbons (Fsp3) is 0.400. The SMILES string of the molecule is Oc1cccc2c1CCC(C(F)(F)F)O2. The zero-order valence-corrected chi connectivity index (χ0v) is 7.71. The van der Waals surface area contributed by atoms with E-state index < -0.39 is 12.3 Å². The maximum atomic E-state index is 12.3. The average molecular weight is 218 g/mol. The lowest BCUT2D eigenvalue weighted by molar-refractivity contribution is -0.199. The molecular formula is C10H9F3O2. The highest BCUT2D eigenvalue weighted by Gasteiger charge is 2.43. The van der Waals surface area contributed by atoms with Gasteiger partial charge in [-0.1, -0.05) is 6.07 Å². The molecule has 0 saturated carbocycles. The highest BCUT2D eigenvalue weighted by atomic mass is 19.4. The molecular weight excluding hydrogens is 209 g/mol. The number of phenolic OH excluding ortho intramolecular Hbond substituents is 1. The lowest BCUT2D eigenvalue weighted by Gasteiger charge is -2.27. The van der Waals surface area contributed by atoms with Crippen LogP contribution in [0.15, 0.2) is 18.2 Å². The number of halogens is 3. The van der Waals surface area contributed by atoms with Gasteiger partial charge in [0.1, 0.15) is 11.5 Å². The lowest BCUT2D eigenvalue weighted by Crippen LogP contribution is -2.37. The van der Waals surface area contributed by atoms with E-state index in [0.717, 1.165) is 0 Å². The van der Waals surface area contributed by atoms with Gasteiger partial charge in [0.25, 0.3) is 0 Å². The van der Waals surface area contributed by atoms with Gasteiger partial charge in [0.15, 0.2) is 6.10 Å². The molecule has 0 aromatic heterocycles. The van der Waals surface area contributed by atoms with Crippen molar-refractivity contribution in [2.24, 2.45) is 0 Å². The van der Waals surface area contributed by atoms with Gasteiger partial charge in [-0.25, -0.2) is 0 Å². The van der Waals surface area contributed by atoms with Crippen molar-refractivity contribution in [1.29, 1.82) is 0 Å². The first-order valence-corrected chi connectivity index (χ1v) is 4.52. The van der Waals surface area contributed by atoms with E-state index in [9.17, 15) is 18.3 Å². The Bertz CT molecular complexity index is 373. The fourth-order valence-electron chi connectivity index (χ4n) is 1.63. The maximum Gasteiger partial charge on any atom is 0.425 e. The summed E-state index contributed by atoms with van der Waals surface area (Å²) in [4.78, 5) is 0. The van der Waals surface area contributed by atoms with Gasteiger partial charge in [-0.2, -0.15) is 13.2 Å². The summed E-state index contributed by atoms with van der Waals surface area (Å²) in [5.74, 6) is 0.122. The Hall–Kier alpha value is -1.39. The van der Waals surface area contributed by atoms with Crippen LogP contribution < -0.4 is 4.74 Å². The molecule has 82 valence electrons. The number of aromatic hydroxyl groups is 1. The monoisotopic (exact) mass is 218 g/mol. The van der Waals surface area contributed by atoms with Crippen molar-refractivity contribution in [3.05, 3.63) is 23.8 Å². The van der Waals surface area contributed by atoms with E-state index in [1.54, 1.807) is 0 Å². The second-order valence-electron chi connectivity index (χ2n) is 3.44. The van der Waals surface area contributed by atoms with Crippen LogP contribution in [-0.4, -0.2) is 17.4 Å². The predicted octanol–water partition coefficient (Wildman–Crippen LogP) is 2.65. The number of hydrogen-bond donors (Lipinski definition) is 1. The Balaban J connectivity index is 2.28. The van der Waals surface area contributed by atoms with Gasteiger partial charge in [0, 0.05) is 5.56 Å². The smallest absolute Gasteiger partial charge is 0.425 e. The Morgan fingerprint density at radius 1 is 1.33 bits per heavy atom. The van der Waals surface area contributed by atoms with Crippen molar-refractivity contribution in [1.82, 2.24) is 0 Å². The van der Waals surface area contributed by atoms with Crippen LogP contribution in [0.2, 0.25) is 0 Å². The molecule has 0 amide bonds. The standard InChI is InChI=1S/C10H9F3O2/c11-10(12,13)9-5-4-6-7(14)2-1-3-8(6)15-9/h1-3,9,14H,4-5H2. The van der Waals surface area contributed by atoms with Crippen molar-refractivity contribution in [2.75, 3.05) is 0 Å². The molecule has 5 heteroatoms. The number of hydrogen-bond acceptors (Lipinski definition) is 2. The molecule has 0 fully saturated rings. The number of phenols is 1. The molecule has 0 spiro atoms. The molecule has 0 bridgehead atoms. The molecule has 1 atom stereocenters. The highest BCUT2D eigenvalue weighted by molar-refractivity contribution is 5.45. The Kier molecular flexibility index (Phi) is 2.25. The Morgan fingerprint density at radius 3 is 2.73 bits per heavy atom. The van der Waals surface area contributed by atoms with E-state index >= 15 is 0 Å². The summed E-state index contributed by atoms with van der Waals surface area (Å²) in [5, 5.41) is 9.38. The Labute approximate surface area is 84.3 Å². The van der Waals surface area contributed by atoms with Gasteiger partial charge in [0.05, 0.1) is 0 Å². The summed E-state index contributed by atoms with van der Waals surface area (Å²) >= 11 is 0. The van der Waals surface area contributed by atoms with Gasteiger partial charge in [-0.3, -0.25) is 0 Å². The molecule has 0 aliphatic carbocycles. The minimum atomic E-state index is -4.34. The summed E-state index contributed by atoms with van der Waals surface area (Å²) < 4.78 is 41.8. The molecule has 1 unspecified atom stereocenters. The summed E-state index contributed by atoms with van der Waals surface area (Å²) in [6.07, 6.45) is -6.06. The number of rotatable bonds is 0. The van der Waals surface area contributed by atoms with Crippen LogP contribution in [0.5, 0.6) is 11.5 Å². The van der Waals surface area contributed by atoms with Gasteiger partial charge in [-0.05, 0) is 25.0 Å². The first-order valence-electron chi connectivity index (χ1n) is 4.52. The van der Waals surface area contributed by atoms with E-state index in [-0.39, 0.29) is 24.3 Å². The third-order valence-corrected chi connectivity index (χ3v) is 2.40. The van der Waals surface area contributed by atoms with Crippen LogP contribution in [0.25, 0.3) is 0 Å². The number of ether oxygens (including phenoxy) is 1. The summed E-state index contributed by atoms with van der Waals surface area (Å²) in [5.41, 5.74) is 0.456. The number of alkyl halides is 3. The predicted molar refractivity (Wildman–Crippen MR) is 46.9 cm³/mol. The van der Waals surface area contributed by atoms with Crippen LogP contribution >= 0.6 is 0 Å². The van der Waals surface area contributed by atoms with Crippen LogP contribution in [0, 0.1) is 0 Å². The van der Waals surface area contributed by atoms with Crippen LogP contribution in [0.4, 0.5) is 13.2 Å². The third-order valence-electron chi connectivity index (χ3n) is 2.40. The zero-order valence-electron chi connectivity index (χ0n) is 7.71. The quantitative estimate of drug-likeness (QED) is 0.725. The first kappa shape index (κ1) is 10.1. The zero-order chi connectivity index (χ0) is 11.1. The second-order valence-corrected chi connectivity index (χ2v) is 3.44. The van der Waals surface area contributed by atoms with Crippen molar-refractivity contribution in [3.8, 4) is 11.5 Å². The molecule has 1 aliphatic rings. The minimum absolute atomic E-state index is 0.00637. The van der Waals surface area contributed by atoms with Gasteiger partial charge < -0.3 is 9.84 Å². The van der Waals surface area contributed by atoms with Crippen molar-refractivity contribution in [2.45, 2.75) is 25.1 Å². The molecule has 0 radical (unpaired) electrons. The number of fused-ring (bicyclic) bond motifs is 1. The summed E-state index contributed by atoms with van der Waals surface area (Å²) in [6, 6.07) is 4.34. The molecule has 2 nitrogen and oxygen atoms in total. The minimum Gasteiger partial charge on any atom is -0.508 e. The lowest BCUT2D eigenvalue weighted by atomic mass is 10.0. The second kappa shape index (κ2) is 3.32. The van der Waals surface area contributed by atoms with Gasteiger partial charge in [0.2, 0.25) is 0 Å². The van der Waals surface area contributed by atoms with E-state index in [0.29, 0.717) is 5.56 Å². The van der Waals surface area contributed by atoms with E-state index in [2.05, 4.69) is 0 Å². The van der Waals surface area contributed by atoms with Crippen molar-refractivity contribution >= 4 is 0 Å². The van der Waals surface area contributed by atoms with E-state index in [1.807, 2.05) is 0 Å².